The van der Waals surface area contributed by atoms with E-state index in [0.717, 1.165) is 27.7 Å². The number of benzene rings is 3. The normalized spacial score (nSPS) is 17.4. The quantitative estimate of drug-likeness (QED) is 0.251. The molecular formula is C33H35FN2O2S. The Kier molecular flexibility index (Phi) is 7.17. The third-order valence-corrected chi connectivity index (χ3v) is 10.4. The predicted octanol–water partition coefficient (Wildman–Crippen LogP) is 7.66. The minimum atomic E-state index is -3.56. The zero-order valence-corrected chi connectivity index (χ0v) is 23.3. The smallest absolute Gasteiger partial charge is 0.243 e. The summed E-state index contributed by atoms with van der Waals surface area (Å²) in [6.45, 7) is 3.48. The highest BCUT2D eigenvalue weighted by Gasteiger charge is 2.28. The molecule has 0 unspecified atom stereocenters. The van der Waals surface area contributed by atoms with E-state index in [0.29, 0.717) is 36.9 Å². The highest BCUT2D eigenvalue weighted by Crippen LogP contribution is 2.36. The van der Waals surface area contributed by atoms with Crippen molar-refractivity contribution in [3.63, 3.8) is 0 Å². The highest BCUT2D eigenvalue weighted by atomic mass is 32.2. The molecule has 1 aliphatic carbocycles. The maximum absolute atomic E-state index is 13.9. The first kappa shape index (κ1) is 26.0. The molecule has 0 radical (unpaired) electrons. The highest BCUT2D eigenvalue weighted by molar-refractivity contribution is 7.89. The van der Waals surface area contributed by atoms with Gasteiger partial charge in [-0.25, -0.2) is 12.8 Å². The Hall–Kier alpha value is -3.22. The second-order valence-corrected chi connectivity index (χ2v) is 12.9. The number of nitrogens with zero attached hydrogens (tertiary/aromatic N) is 2. The van der Waals surface area contributed by atoms with Gasteiger partial charge in [-0.1, -0.05) is 67.8 Å². The molecule has 3 aromatic carbocycles. The number of aromatic nitrogens is 1. The van der Waals surface area contributed by atoms with Crippen LogP contribution in [0.25, 0.3) is 16.5 Å². The predicted molar refractivity (Wildman–Crippen MR) is 156 cm³/mol. The maximum atomic E-state index is 13.9. The molecule has 4 nitrogen and oxygen atoms in total. The van der Waals surface area contributed by atoms with E-state index in [4.69, 9.17) is 0 Å². The number of hydrogen-bond donors (Lipinski definition) is 0. The van der Waals surface area contributed by atoms with Crippen molar-refractivity contribution < 1.29 is 12.8 Å². The summed E-state index contributed by atoms with van der Waals surface area (Å²) in [6, 6.07) is 22.6. The number of fused-ring (bicyclic) bond motifs is 1. The second-order valence-electron chi connectivity index (χ2n) is 10.9. The van der Waals surface area contributed by atoms with E-state index in [1.165, 1.54) is 49.3 Å². The first-order valence-corrected chi connectivity index (χ1v) is 15.5. The average molecular weight is 543 g/mol. The third-order valence-electron chi connectivity index (χ3n) is 8.55. The number of hydrogen-bond acceptors (Lipinski definition) is 2. The lowest BCUT2D eigenvalue weighted by atomic mass is 9.84. The molecule has 0 bridgehead atoms. The minimum Gasteiger partial charge on any atom is -0.340 e. The summed E-state index contributed by atoms with van der Waals surface area (Å²) in [5, 5.41) is 1.15. The number of sulfonamides is 1. The molecule has 1 fully saturated rings. The van der Waals surface area contributed by atoms with E-state index in [9.17, 15) is 12.8 Å². The van der Waals surface area contributed by atoms with Gasteiger partial charge in [-0.05, 0) is 79.1 Å². The lowest BCUT2D eigenvalue weighted by molar-refractivity contribution is 0.439. The lowest BCUT2D eigenvalue weighted by Crippen LogP contribution is -2.34. The Morgan fingerprint density at radius 3 is 2.41 bits per heavy atom. The van der Waals surface area contributed by atoms with E-state index in [1.807, 2.05) is 30.3 Å². The van der Waals surface area contributed by atoms with Gasteiger partial charge in [0.1, 0.15) is 5.82 Å². The molecule has 0 N–H and O–H groups in total. The fourth-order valence-electron chi connectivity index (χ4n) is 6.45. The minimum absolute atomic E-state index is 0.234. The van der Waals surface area contributed by atoms with Crippen LogP contribution >= 0.6 is 0 Å². The standard InChI is InChI=1S/C33H35FN2O2S/c1-24-33(31-12-5-6-13-32(31)36(24)23-25-8-7-11-29(34)22-25)28-18-20-35(21-19-28)39(37,38)30-16-14-27(15-17-30)26-9-3-2-4-10-26/h5-8,11-18,22,26H,2-4,9-10,19-21,23H2,1H3. The molecule has 1 saturated carbocycles. The summed E-state index contributed by atoms with van der Waals surface area (Å²) in [6.07, 6.45) is 8.94. The molecule has 6 rings (SSSR count). The van der Waals surface area contributed by atoms with Crippen molar-refractivity contribution in [1.29, 1.82) is 0 Å². The molecule has 1 aliphatic heterocycles. The van der Waals surface area contributed by atoms with Crippen LogP contribution in [0.1, 0.15) is 66.8 Å². The Morgan fingerprint density at radius 1 is 0.923 bits per heavy atom. The van der Waals surface area contributed by atoms with Gasteiger partial charge in [-0.15, -0.1) is 0 Å². The van der Waals surface area contributed by atoms with Gasteiger partial charge >= 0.3 is 0 Å². The summed E-state index contributed by atoms with van der Waals surface area (Å²) in [5.41, 5.74) is 6.72. The third kappa shape index (κ3) is 5.08. The molecule has 202 valence electrons. The Labute approximate surface area is 230 Å². The van der Waals surface area contributed by atoms with Crippen LogP contribution in [0.5, 0.6) is 0 Å². The Balaban J connectivity index is 1.25. The van der Waals surface area contributed by atoms with Crippen molar-refractivity contribution in [2.24, 2.45) is 0 Å². The van der Waals surface area contributed by atoms with Crippen LogP contribution in [-0.4, -0.2) is 30.4 Å². The molecule has 2 heterocycles. The molecule has 0 amide bonds. The average Bonchev–Trinajstić information content (AvgIpc) is 3.24. The number of para-hydroxylation sites is 1. The van der Waals surface area contributed by atoms with Crippen LogP contribution in [-0.2, 0) is 16.6 Å². The summed E-state index contributed by atoms with van der Waals surface area (Å²) >= 11 is 0. The van der Waals surface area contributed by atoms with E-state index in [-0.39, 0.29) is 5.82 Å². The van der Waals surface area contributed by atoms with Crippen molar-refractivity contribution in [3.8, 4) is 0 Å². The molecule has 6 heteroatoms. The fourth-order valence-corrected chi connectivity index (χ4v) is 7.83. The number of rotatable bonds is 6. The monoisotopic (exact) mass is 542 g/mol. The van der Waals surface area contributed by atoms with Crippen molar-refractivity contribution in [3.05, 3.63) is 107 Å². The summed E-state index contributed by atoms with van der Waals surface area (Å²) in [5.74, 6) is 0.323. The van der Waals surface area contributed by atoms with Gasteiger partial charge in [0.15, 0.2) is 0 Å². The van der Waals surface area contributed by atoms with Crippen molar-refractivity contribution >= 4 is 26.5 Å². The topological polar surface area (TPSA) is 42.3 Å². The van der Waals surface area contributed by atoms with E-state index in [2.05, 4.69) is 29.7 Å². The van der Waals surface area contributed by atoms with Crippen LogP contribution in [0.3, 0.4) is 0 Å². The van der Waals surface area contributed by atoms with Gasteiger partial charge < -0.3 is 4.57 Å². The SMILES string of the molecule is Cc1c(C2=CCN(S(=O)(=O)c3ccc(C4CCCCC4)cc3)CC2)c2ccccc2n1Cc1cccc(F)c1. The molecule has 0 atom stereocenters. The zero-order chi connectivity index (χ0) is 27.0. The summed E-state index contributed by atoms with van der Waals surface area (Å²) in [7, 11) is -3.56. The lowest BCUT2D eigenvalue weighted by Gasteiger charge is -2.27. The van der Waals surface area contributed by atoms with Crippen molar-refractivity contribution in [2.45, 2.75) is 62.8 Å². The molecule has 0 saturated heterocycles. The van der Waals surface area contributed by atoms with Gasteiger partial charge in [-0.2, -0.15) is 4.31 Å². The molecule has 4 aromatic rings. The maximum Gasteiger partial charge on any atom is 0.243 e. The van der Waals surface area contributed by atoms with E-state index >= 15 is 0 Å². The molecule has 1 aromatic heterocycles. The molecular weight excluding hydrogens is 507 g/mol. The van der Waals surface area contributed by atoms with Gasteiger partial charge in [0.25, 0.3) is 0 Å². The van der Waals surface area contributed by atoms with Gasteiger partial charge in [0, 0.05) is 41.8 Å². The van der Waals surface area contributed by atoms with Crippen LogP contribution in [0, 0.1) is 12.7 Å². The first-order valence-electron chi connectivity index (χ1n) is 14.0. The van der Waals surface area contributed by atoms with Crippen LogP contribution < -0.4 is 0 Å². The summed E-state index contributed by atoms with van der Waals surface area (Å²) < 4.78 is 44.7. The Morgan fingerprint density at radius 2 is 1.69 bits per heavy atom. The van der Waals surface area contributed by atoms with Gasteiger partial charge in [0.05, 0.1) is 4.90 Å². The van der Waals surface area contributed by atoms with Crippen molar-refractivity contribution in [2.75, 3.05) is 13.1 Å². The molecule has 2 aliphatic rings. The molecule has 39 heavy (non-hydrogen) atoms. The van der Waals surface area contributed by atoms with Gasteiger partial charge in [0.2, 0.25) is 10.0 Å². The largest absolute Gasteiger partial charge is 0.340 e. The van der Waals surface area contributed by atoms with Crippen LogP contribution in [0.4, 0.5) is 4.39 Å². The Bertz CT molecular complexity index is 1630. The number of halogens is 1. The van der Waals surface area contributed by atoms with Gasteiger partial charge in [-0.3, -0.25) is 0 Å². The zero-order valence-electron chi connectivity index (χ0n) is 22.4. The van der Waals surface area contributed by atoms with Crippen LogP contribution in [0.2, 0.25) is 0 Å². The summed E-state index contributed by atoms with van der Waals surface area (Å²) in [4.78, 5) is 0.377. The fraction of sp³-hybridized carbons (Fsp3) is 0.333. The van der Waals surface area contributed by atoms with E-state index in [1.54, 1.807) is 28.6 Å². The van der Waals surface area contributed by atoms with Crippen LogP contribution in [0.15, 0.2) is 83.8 Å². The second kappa shape index (κ2) is 10.7. The van der Waals surface area contributed by atoms with E-state index < -0.39 is 10.0 Å². The molecule has 0 spiro atoms. The van der Waals surface area contributed by atoms with Crippen molar-refractivity contribution in [1.82, 2.24) is 8.87 Å². The first-order chi connectivity index (χ1) is 18.9.